The summed E-state index contributed by atoms with van der Waals surface area (Å²) in [6.45, 7) is 2.23. The highest BCUT2D eigenvalue weighted by Gasteiger charge is 2.32. The maximum Gasteiger partial charge on any atom is 0.245 e. The fraction of sp³-hybridized carbons (Fsp3) is 0.474. The number of rotatable bonds is 4. The summed E-state index contributed by atoms with van der Waals surface area (Å²) < 4.78 is 1.86. The molecule has 2 saturated heterocycles. The van der Waals surface area contributed by atoms with Gasteiger partial charge in [-0.15, -0.1) is 5.10 Å². The number of piperidine rings is 1. The number of nitrogens with one attached hydrogen (secondary N) is 1. The third kappa shape index (κ3) is 3.98. The molecule has 0 unspecified atom stereocenters. The van der Waals surface area contributed by atoms with Crippen LogP contribution in [0.5, 0.6) is 0 Å². The van der Waals surface area contributed by atoms with Crippen LogP contribution in [0.25, 0.3) is 11.3 Å². The van der Waals surface area contributed by atoms with Crippen LogP contribution in [0.15, 0.2) is 30.5 Å². The maximum atomic E-state index is 12.5. The van der Waals surface area contributed by atoms with Crippen LogP contribution in [0, 0.1) is 5.92 Å². The van der Waals surface area contributed by atoms with Gasteiger partial charge in [0.25, 0.3) is 0 Å². The molecule has 7 nitrogen and oxygen atoms in total. The zero-order valence-corrected chi connectivity index (χ0v) is 15.7. The summed E-state index contributed by atoms with van der Waals surface area (Å²) in [5.41, 5.74) is 1.65. The molecule has 0 bridgehead atoms. The number of nitrogens with zero attached hydrogens (tertiary/aromatic N) is 4. The summed E-state index contributed by atoms with van der Waals surface area (Å²) in [5, 5.41) is 11.9. The first-order chi connectivity index (χ1) is 13.1. The second kappa shape index (κ2) is 7.68. The number of aromatic nitrogens is 3. The molecule has 2 aliphatic rings. The van der Waals surface area contributed by atoms with Crippen molar-refractivity contribution in [2.45, 2.75) is 38.3 Å². The monoisotopic (exact) mass is 387 g/mol. The number of carbonyl (C=O) groups excluding carboxylic acids is 2. The molecular formula is C19H22ClN5O2. The first-order valence-electron chi connectivity index (χ1n) is 9.33. The van der Waals surface area contributed by atoms with Gasteiger partial charge in [0.05, 0.1) is 11.2 Å². The first kappa shape index (κ1) is 18.0. The Labute approximate surface area is 162 Å². The molecule has 2 fully saturated rings. The molecule has 3 heterocycles. The largest absolute Gasteiger partial charge is 0.344 e. The minimum Gasteiger partial charge on any atom is -0.344 e. The SMILES string of the molecule is O=C1CC[C@@H](C(=O)N2CCC(Cn3cc(-c4ccccc4Cl)nn3)CC2)N1. The van der Waals surface area contributed by atoms with Crippen molar-refractivity contribution in [3.05, 3.63) is 35.5 Å². The van der Waals surface area contributed by atoms with E-state index in [0.717, 1.165) is 43.7 Å². The van der Waals surface area contributed by atoms with Gasteiger partial charge in [-0.1, -0.05) is 35.0 Å². The minimum atomic E-state index is -0.331. The van der Waals surface area contributed by atoms with Crippen LogP contribution in [0.2, 0.25) is 5.02 Å². The van der Waals surface area contributed by atoms with Crippen LogP contribution in [0.4, 0.5) is 0 Å². The molecule has 1 atom stereocenters. The van der Waals surface area contributed by atoms with Crippen molar-refractivity contribution >= 4 is 23.4 Å². The van der Waals surface area contributed by atoms with Gasteiger partial charge in [-0.05, 0) is 31.2 Å². The molecule has 1 aromatic heterocycles. The van der Waals surface area contributed by atoms with Gasteiger partial charge < -0.3 is 10.2 Å². The van der Waals surface area contributed by atoms with Gasteiger partial charge in [0.15, 0.2) is 0 Å². The molecule has 0 saturated carbocycles. The Morgan fingerprint density at radius 2 is 2.00 bits per heavy atom. The number of halogens is 1. The molecule has 1 N–H and O–H groups in total. The number of hydrogen-bond donors (Lipinski definition) is 1. The van der Waals surface area contributed by atoms with E-state index in [1.807, 2.05) is 40.0 Å². The van der Waals surface area contributed by atoms with Gasteiger partial charge in [-0.25, -0.2) is 0 Å². The van der Waals surface area contributed by atoms with Crippen molar-refractivity contribution in [3.63, 3.8) is 0 Å². The Morgan fingerprint density at radius 3 is 2.70 bits per heavy atom. The average Bonchev–Trinajstić information content (AvgIpc) is 3.31. The van der Waals surface area contributed by atoms with E-state index in [1.165, 1.54) is 0 Å². The molecule has 0 radical (unpaired) electrons. The summed E-state index contributed by atoms with van der Waals surface area (Å²) in [4.78, 5) is 25.7. The van der Waals surface area contributed by atoms with E-state index in [0.29, 0.717) is 23.8 Å². The minimum absolute atomic E-state index is 0.0243. The van der Waals surface area contributed by atoms with E-state index >= 15 is 0 Å². The van der Waals surface area contributed by atoms with Crippen LogP contribution in [0.3, 0.4) is 0 Å². The van der Waals surface area contributed by atoms with Gasteiger partial charge in [0.2, 0.25) is 11.8 Å². The Balaban J connectivity index is 1.31. The van der Waals surface area contributed by atoms with Gasteiger partial charge in [-0.2, -0.15) is 0 Å². The molecule has 2 amide bonds. The van der Waals surface area contributed by atoms with Crippen LogP contribution >= 0.6 is 11.6 Å². The number of carbonyl (C=O) groups is 2. The lowest BCUT2D eigenvalue weighted by Gasteiger charge is -2.33. The van der Waals surface area contributed by atoms with E-state index in [-0.39, 0.29) is 17.9 Å². The van der Waals surface area contributed by atoms with E-state index in [1.54, 1.807) is 0 Å². The molecule has 1 aromatic carbocycles. The first-order valence-corrected chi connectivity index (χ1v) is 9.71. The lowest BCUT2D eigenvalue weighted by molar-refractivity contribution is -0.135. The molecule has 27 heavy (non-hydrogen) atoms. The highest BCUT2D eigenvalue weighted by Crippen LogP contribution is 2.26. The highest BCUT2D eigenvalue weighted by atomic mass is 35.5. The predicted octanol–water partition coefficient (Wildman–Crippen LogP) is 2.12. The molecule has 4 rings (SSSR count). The van der Waals surface area contributed by atoms with Crippen molar-refractivity contribution in [3.8, 4) is 11.3 Å². The maximum absolute atomic E-state index is 12.5. The molecular weight excluding hydrogens is 366 g/mol. The Bertz CT molecular complexity index is 844. The summed E-state index contributed by atoms with van der Waals surface area (Å²) in [6.07, 6.45) is 4.84. The van der Waals surface area contributed by atoms with Crippen molar-refractivity contribution < 1.29 is 9.59 Å². The van der Waals surface area contributed by atoms with E-state index < -0.39 is 0 Å². The van der Waals surface area contributed by atoms with Gasteiger partial charge in [0, 0.05) is 31.6 Å². The van der Waals surface area contributed by atoms with Crippen LogP contribution in [0.1, 0.15) is 25.7 Å². The molecule has 2 aliphatic heterocycles. The molecule has 142 valence electrons. The van der Waals surface area contributed by atoms with Crippen LogP contribution in [-0.2, 0) is 16.1 Å². The lowest BCUT2D eigenvalue weighted by atomic mass is 9.96. The second-order valence-electron chi connectivity index (χ2n) is 7.23. The van der Waals surface area contributed by atoms with E-state index in [4.69, 9.17) is 11.6 Å². The van der Waals surface area contributed by atoms with Gasteiger partial charge in [0.1, 0.15) is 11.7 Å². The summed E-state index contributed by atoms with van der Waals surface area (Å²) in [7, 11) is 0. The van der Waals surface area contributed by atoms with Gasteiger partial charge >= 0.3 is 0 Å². The smallest absolute Gasteiger partial charge is 0.245 e. The van der Waals surface area contributed by atoms with Crippen LogP contribution in [-0.4, -0.2) is 50.8 Å². The van der Waals surface area contributed by atoms with Crippen molar-refractivity contribution in [1.82, 2.24) is 25.2 Å². The summed E-state index contributed by atoms with van der Waals surface area (Å²) >= 11 is 6.23. The quantitative estimate of drug-likeness (QED) is 0.871. The topological polar surface area (TPSA) is 80.1 Å². The molecule has 8 heteroatoms. The zero-order valence-electron chi connectivity index (χ0n) is 15.0. The second-order valence-corrected chi connectivity index (χ2v) is 7.64. The third-order valence-corrected chi connectivity index (χ3v) is 5.68. The average molecular weight is 388 g/mol. The summed E-state index contributed by atoms with van der Waals surface area (Å²) in [6, 6.07) is 7.27. The van der Waals surface area contributed by atoms with Crippen LogP contribution < -0.4 is 5.32 Å². The fourth-order valence-electron chi connectivity index (χ4n) is 3.80. The van der Waals surface area contributed by atoms with Crippen molar-refractivity contribution in [2.24, 2.45) is 5.92 Å². The number of amides is 2. The molecule has 2 aromatic rings. The van der Waals surface area contributed by atoms with Crippen molar-refractivity contribution in [2.75, 3.05) is 13.1 Å². The van der Waals surface area contributed by atoms with Gasteiger partial charge in [-0.3, -0.25) is 14.3 Å². The fourth-order valence-corrected chi connectivity index (χ4v) is 4.03. The standard InChI is InChI=1S/C19H22ClN5O2/c20-15-4-2-1-3-14(15)17-12-25(23-22-17)11-13-7-9-24(10-8-13)19(27)16-5-6-18(26)21-16/h1-4,12-13,16H,5-11H2,(H,21,26)/t16-/m0/s1. The van der Waals surface area contributed by atoms with Crippen molar-refractivity contribution in [1.29, 1.82) is 0 Å². The number of hydrogen-bond acceptors (Lipinski definition) is 4. The lowest BCUT2D eigenvalue weighted by Crippen LogP contribution is -2.47. The number of benzene rings is 1. The summed E-state index contributed by atoms with van der Waals surface area (Å²) in [5.74, 6) is 0.484. The Hall–Kier alpha value is -2.41. The zero-order chi connectivity index (χ0) is 18.8. The Morgan fingerprint density at radius 1 is 1.22 bits per heavy atom. The number of likely N-dealkylation sites (tertiary alicyclic amines) is 1. The highest BCUT2D eigenvalue weighted by molar-refractivity contribution is 6.33. The normalized spacial score (nSPS) is 20.7. The predicted molar refractivity (Wildman–Crippen MR) is 101 cm³/mol. The van der Waals surface area contributed by atoms with E-state index in [9.17, 15) is 9.59 Å². The van der Waals surface area contributed by atoms with E-state index in [2.05, 4.69) is 15.6 Å². The Kier molecular flexibility index (Phi) is 5.11. The molecule has 0 aliphatic carbocycles. The third-order valence-electron chi connectivity index (χ3n) is 5.35. The molecule has 0 spiro atoms.